The highest BCUT2D eigenvalue weighted by molar-refractivity contribution is 6.10. The van der Waals surface area contributed by atoms with Crippen LogP contribution >= 0.6 is 0 Å². The number of hydrogen-bond donors (Lipinski definition) is 0. The lowest BCUT2D eigenvalue weighted by Crippen LogP contribution is -2.30. The Morgan fingerprint density at radius 3 is 2.14 bits per heavy atom. The van der Waals surface area contributed by atoms with Crippen LogP contribution in [0.5, 0.6) is 0 Å². The number of aryl methyl sites for hydroxylation is 2. The van der Waals surface area contributed by atoms with E-state index in [1.54, 1.807) is 0 Å². The Balaban J connectivity index is 1.62. The Bertz CT molecular complexity index is 2380. The van der Waals surface area contributed by atoms with Crippen molar-refractivity contribution in [3.05, 3.63) is 102 Å². The van der Waals surface area contributed by atoms with Crippen LogP contribution in [0.25, 0.3) is 72.1 Å². The minimum absolute atomic E-state index is 0.160. The van der Waals surface area contributed by atoms with Gasteiger partial charge in [0, 0.05) is 27.6 Å². The maximum absolute atomic E-state index is 6.67. The van der Waals surface area contributed by atoms with E-state index in [2.05, 4.69) is 118 Å². The van der Waals surface area contributed by atoms with Crippen LogP contribution in [0.1, 0.15) is 56.4 Å². The van der Waals surface area contributed by atoms with Crippen molar-refractivity contribution in [3.8, 4) is 17.1 Å². The van der Waals surface area contributed by atoms with Gasteiger partial charge in [-0.1, -0.05) is 88.4 Å². The molecule has 0 amide bonds. The lowest BCUT2D eigenvalue weighted by molar-refractivity contribution is -0.633. The number of para-hydroxylation sites is 4. The van der Waals surface area contributed by atoms with Gasteiger partial charge >= 0.3 is 0 Å². The topological polar surface area (TPSA) is 48.0 Å². The molecule has 0 saturated carbocycles. The second kappa shape index (κ2) is 9.30. The molecule has 212 valence electrons. The smallest absolute Gasteiger partial charge is 0.299 e. The summed E-state index contributed by atoms with van der Waals surface area (Å²) in [6.45, 7) is 11.2. The molecular formula is C38H34N3O2+. The van der Waals surface area contributed by atoms with E-state index in [1.165, 1.54) is 5.56 Å². The fourth-order valence-corrected chi connectivity index (χ4v) is 6.98. The summed E-state index contributed by atoms with van der Waals surface area (Å²) >= 11 is 0. The van der Waals surface area contributed by atoms with Gasteiger partial charge in [-0.15, -0.1) is 0 Å². The van der Waals surface area contributed by atoms with E-state index >= 15 is 0 Å². The summed E-state index contributed by atoms with van der Waals surface area (Å²) in [5.41, 5.74) is 11.3. The van der Waals surface area contributed by atoms with Gasteiger partial charge in [-0.05, 0) is 42.7 Å². The molecule has 0 aliphatic carbocycles. The van der Waals surface area contributed by atoms with Gasteiger partial charge in [0.05, 0.1) is 18.1 Å². The lowest BCUT2D eigenvalue weighted by Gasteiger charge is -2.19. The second-order valence-corrected chi connectivity index (χ2v) is 12.3. The van der Waals surface area contributed by atoms with Crippen LogP contribution in [0.4, 0.5) is 0 Å². The van der Waals surface area contributed by atoms with Gasteiger partial charge in [0.25, 0.3) is 5.82 Å². The van der Waals surface area contributed by atoms with Gasteiger partial charge in [-0.2, -0.15) is 4.57 Å². The lowest BCUT2D eigenvalue weighted by atomic mass is 9.92. The molecule has 4 aromatic carbocycles. The van der Waals surface area contributed by atoms with E-state index in [0.29, 0.717) is 5.71 Å². The van der Waals surface area contributed by atoms with Crippen LogP contribution in [0.2, 0.25) is 0 Å². The number of pyridine rings is 1. The van der Waals surface area contributed by atoms with Gasteiger partial charge in [0.15, 0.2) is 22.3 Å². The highest BCUT2D eigenvalue weighted by Gasteiger charge is 2.35. The van der Waals surface area contributed by atoms with Crippen LogP contribution in [0, 0.1) is 6.92 Å². The second-order valence-electron chi connectivity index (χ2n) is 12.3. The fraction of sp³-hybridized carbons (Fsp3) is 0.211. The van der Waals surface area contributed by atoms with E-state index in [-0.39, 0.29) is 11.8 Å². The molecule has 0 spiro atoms. The Hall–Kier alpha value is -4.90. The fourth-order valence-electron chi connectivity index (χ4n) is 6.98. The van der Waals surface area contributed by atoms with Crippen LogP contribution < -0.4 is 4.57 Å². The predicted octanol–water partition coefficient (Wildman–Crippen LogP) is 9.87. The van der Waals surface area contributed by atoms with Crippen molar-refractivity contribution >= 4 is 55.0 Å². The van der Waals surface area contributed by atoms with Gasteiger partial charge in [0.1, 0.15) is 16.7 Å². The average Bonchev–Trinajstić information content (AvgIpc) is 3.65. The van der Waals surface area contributed by atoms with Crippen LogP contribution in [-0.2, 0) is 7.05 Å². The van der Waals surface area contributed by atoms with Gasteiger partial charge < -0.3 is 8.83 Å². The van der Waals surface area contributed by atoms with E-state index in [9.17, 15) is 0 Å². The minimum Gasteiger partial charge on any atom is -0.455 e. The first kappa shape index (κ1) is 25.8. The third-order valence-electron chi connectivity index (χ3n) is 8.91. The summed E-state index contributed by atoms with van der Waals surface area (Å²) in [6.07, 6.45) is 0. The zero-order valence-corrected chi connectivity index (χ0v) is 25.4. The molecular weight excluding hydrogens is 530 g/mol. The SMILES string of the molecule is Cc1ccc2c(oc3ccccc32)c1-c1n(-c2c(C(C)C)nc3oc4ccccc4c3c2C(C)C)c2ccccc2[n+]1C. The molecule has 0 atom stereocenters. The van der Waals surface area contributed by atoms with E-state index in [4.69, 9.17) is 13.8 Å². The summed E-state index contributed by atoms with van der Waals surface area (Å²) in [5, 5.41) is 4.44. The number of benzene rings is 4. The molecule has 0 saturated heterocycles. The normalized spacial score (nSPS) is 12.4. The molecule has 0 fully saturated rings. The first-order chi connectivity index (χ1) is 20.8. The Morgan fingerprint density at radius 2 is 1.40 bits per heavy atom. The summed E-state index contributed by atoms with van der Waals surface area (Å²) in [4.78, 5) is 5.28. The molecule has 0 radical (unpaired) electrons. The highest BCUT2D eigenvalue weighted by Crippen LogP contribution is 2.44. The Morgan fingerprint density at radius 1 is 0.721 bits per heavy atom. The quantitative estimate of drug-likeness (QED) is 0.200. The van der Waals surface area contributed by atoms with Crippen LogP contribution in [-0.4, -0.2) is 9.55 Å². The minimum atomic E-state index is 0.160. The molecule has 0 aliphatic heterocycles. The predicted molar refractivity (Wildman–Crippen MR) is 175 cm³/mol. The Kier molecular flexibility index (Phi) is 5.58. The molecule has 0 N–H and O–H groups in total. The van der Waals surface area contributed by atoms with Crippen molar-refractivity contribution in [1.29, 1.82) is 0 Å². The summed E-state index contributed by atoms with van der Waals surface area (Å²) in [5.74, 6) is 1.44. The molecule has 0 aliphatic rings. The third-order valence-corrected chi connectivity index (χ3v) is 8.91. The van der Waals surface area contributed by atoms with Gasteiger partial charge in [-0.3, -0.25) is 0 Å². The number of hydrogen-bond acceptors (Lipinski definition) is 3. The first-order valence-corrected chi connectivity index (χ1v) is 15.1. The van der Waals surface area contributed by atoms with Crippen molar-refractivity contribution < 1.29 is 13.4 Å². The zero-order chi connectivity index (χ0) is 29.6. The van der Waals surface area contributed by atoms with Crippen molar-refractivity contribution in [3.63, 3.8) is 0 Å². The maximum atomic E-state index is 6.67. The van der Waals surface area contributed by atoms with Gasteiger partial charge in [-0.25, -0.2) is 9.55 Å². The highest BCUT2D eigenvalue weighted by atomic mass is 16.3. The van der Waals surface area contributed by atoms with Crippen molar-refractivity contribution in [2.45, 2.75) is 46.5 Å². The first-order valence-electron chi connectivity index (χ1n) is 15.1. The van der Waals surface area contributed by atoms with Crippen molar-refractivity contribution in [2.75, 3.05) is 0 Å². The van der Waals surface area contributed by atoms with Crippen LogP contribution in [0.15, 0.2) is 93.8 Å². The van der Waals surface area contributed by atoms with E-state index in [0.717, 1.165) is 77.7 Å². The van der Waals surface area contributed by atoms with E-state index < -0.39 is 0 Å². The Labute approximate surface area is 250 Å². The summed E-state index contributed by atoms with van der Waals surface area (Å²) < 4.78 is 17.8. The standard InChI is InChI=1S/C38H34N3O2/c1-21(2)31-33-26-14-8-12-18-30(26)43-37(33)39-34(22(3)4)35(31)41-28-16-10-9-15-27(28)40(6)38(41)32-23(5)19-20-25-24-13-7-11-17-29(24)42-36(25)32/h7-22H,1-6H3/q+1. The largest absolute Gasteiger partial charge is 0.455 e. The summed E-state index contributed by atoms with van der Waals surface area (Å²) in [7, 11) is 2.17. The molecule has 8 aromatic rings. The molecule has 8 rings (SSSR count). The number of furan rings is 2. The number of imidazole rings is 1. The molecule has 4 heterocycles. The zero-order valence-electron chi connectivity index (χ0n) is 25.4. The average molecular weight is 565 g/mol. The van der Waals surface area contributed by atoms with Crippen LogP contribution in [0.3, 0.4) is 0 Å². The van der Waals surface area contributed by atoms with Crippen molar-refractivity contribution in [2.24, 2.45) is 7.05 Å². The van der Waals surface area contributed by atoms with Crippen molar-refractivity contribution in [1.82, 2.24) is 9.55 Å². The number of nitrogens with zero attached hydrogens (tertiary/aromatic N) is 3. The molecule has 0 bridgehead atoms. The molecule has 5 heteroatoms. The molecule has 43 heavy (non-hydrogen) atoms. The number of rotatable bonds is 4. The third kappa shape index (κ3) is 3.57. The number of fused-ring (bicyclic) bond motifs is 7. The molecule has 0 unspecified atom stereocenters. The molecule has 4 aromatic heterocycles. The monoisotopic (exact) mass is 564 g/mol. The van der Waals surface area contributed by atoms with Gasteiger partial charge in [0.2, 0.25) is 5.71 Å². The summed E-state index contributed by atoms with van der Waals surface area (Å²) in [6, 6.07) is 29.7. The maximum Gasteiger partial charge on any atom is 0.299 e. The number of aromatic nitrogens is 3. The molecule has 5 nitrogen and oxygen atoms in total. The van der Waals surface area contributed by atoms with E-state index in [1.807, 2.05) is 18.2 Å².